The van der Waals surface area contributed by atoms with E-state index in [0.717, 1.165) is 11.1 Å². The highest BCUT2D eigenvalue weighted by Crippen LogP contribution is 2.19. The van der Waals surface area contributed by atoms with Gasteiger partial charge in [-0.1, -0.05) is 64.1 Å². The minimum Gasteiger partial charge on any atom is -0.289 e. The van der Waals surface area contributed by atoms with Crippen molar-refractivity contribution in [1.29, 1.82) is 0 Å². The molecule has 0 spiro atoms. The second kappa shape index (κ2) is 14.5. The van der Waals surface area contributed by atoms with Crippen molar-refractivity contribution >= 4 is 43.8 Å². The van der Waals surface area contributed by atoms with Crippen molar-refractivity contribution in [2.75, 3.05) is 26.2 Å². The first-order valence-electron chi connectivity index (χ1n) is 13.7. The quantitative estimate of drug-likeness (QED) is 0.176. The number of hydrogen-bond donors (Lipinski definition) is 0. The van der Waals surface area contributed by atoms with E-state index in [9.17, 15) is 26.4 Å². The molecule has 0 aliphatic heterocycles. The zero-order valence-electron chi connectivity index (χ0n) is 24.2. The highest BCUT2D eigenvalue weighted by Gasteiger charge is 2.22. The highest BCUT2D eigenvalue weighted by atomic mass is 32.2. The number of nitrogens with zero attached hydrogens (tertiary/aromatic N) is 2. The van der Waals surface area contributed by atoms with E-state index in [0.29, 0.717) is 37.3 Å². The van der Waals surface area contributed by atoms with E-state index in [1.54, 1.807) is 64.1 Å². The molecule has 0 bridgehead atoms. The summed E-state index contributed by atoms with van der Waals surface area (Å²) in [7, 11) is -7.17. The molecule has 0 heterocycles. The SMILES string of the molecule is CCN(CC)S(=O)(=O)c1ccc(C(=O)C=Cc2ccc(C=CC(=O)c3ccc(S(=O)(=O)N(CC)CC)cc3)cc2)cc1. The number of sulfonamides is 2. The molecule has 0 aliphatic rings. The topological polar surface area (TPSA) is 109 Å². The Morgan fingerprint density at radius 3 is 1.07 bits per heavy atom. The van der Waals surface area contributed by atoms with Crippen LogP contribution < -0.4 is 0 Å². The lowest BCUT2D eigenvalue weighted by molar-refractivity contribution is 0.103. The first-order valence-corrected chi connectivity index (χ1v) is 16.6. The summed E-state index contributed by atoms with van der Waals surface area (Å²) < 4.78 is 53.3. The lowest BCUT2D eigenvalue weighted by Gasteiger charge is -2.18. The summed E-state index contributed by atoms with van der Waals surface area (Å²) in [6.45, 7) is 8.57. The molecule has 0 atom stereocenters. The van der Waals surface area contributed by atoms with E-state index in [-0.39, 0.29) is 21.4 Å². The van der Waals surface area contributed by atoms with Crippen molar-refractivity contribution in [2.45, 2.75) is 37.5 Å². The van der Waals surface area contributed by atoms with Gasteiger partial charge in [-0.2, -0.15) is 8.61 Å². The zero-order valence-corrected chi connectivity index (χ0v) is 25.9. The zero-order chi connectivity index (χ0) is 30.9. The van der Waals surface area contributed by atoms with Gasteiger partial charge in [0.05, 0.1) is 9.79 Å². The van der Waals surface area contributed by atoms with Crippen LogP contribution in [0.1, 0.15) is 59.5 Å². The van der Waals surface area contributed by atoms with Gasteiger partial charge in [-0.15, -0.1) is 0 Å². The van der Waals surface area contributed by atoms with Crippen molar-refractivity contribution in [3.63, 3.8) is 0 Å². The van der Waals surface area contributed by atoms with E-state index in [2.05, 4.69) is 0 Å². The first kappa shape index (κ1) is 32.8. The molecule has 3 rings (SSSR count). The summed E-state index contributed by atoms with van der Waals surface area (Å²) in [4.78, 5) is 25.5. The molecule has 0 unspecified atom stereocenters. The van der Waals surface area contributed by atoms with Crippen molar-refractivity contribution in [2.24, 2.45) is 0 Å². The molecule has 0 aromatic heterocycles. The maximum Gasteiger partial charge on any atom is 0.243 e. The van der Waals surface area contributed by atoms with E-state index in [4.69, 9.17) is 0 Å². The Labute approximate surface area is 249 Å². The molecule has 0 aliphatic carbocycles. The minimum atomic E-state index is -3.59. The third-order valence-electron chi connectivity index (χ3n) is 6.75. The Hall–Kier alpha value is -3.70. The highest BCUT2D eigenvalue weighted by molar-refractivity contribution is 7.89. The van der Waals surface area contributed by atoms with Crippen molar-refractivity contribution in [3.05, 3.63) is 107 Å². The lowest BCUT2D eigenvalue weighted by Crippen LogP contribution is -2.30. The summed E-state index contributed by atoms with van der Waals surface area (Å²) in [5.74, 6) is -0.514. The number of rotatable bonds is 14. The molecule has 222 valence electrons. The average molecular weight is 609 g/mol. The van der Waals surface area contributed by atoms with Crippen molar-refractivity contribution in [3.8, 4) is 0 Å². The Morgan fingerprint density at radius 1 is 0.524 bits per heavy atom. The Bertz CT molecular complexity index is 1520. The second-order valence-corrected chi connectivity index (χ2v) is 13.2. The molecule has 3 aromatic carbocycles. The van der Waals surface area contributed by atoms with Gasteiger partial charge in [-0.3, -0.25) is 9.59 Å². The van der Waals surface area contributed by atoms with Gasteiger partial charge in [0, 0.05) is 37.3 Å². The fourth-order valence-corrected chi connectivity index (χ4v) is 7.18. The molecule has 3 aromatic rings. The van der Waals surface area contributed by atoms with Gasteiger partial charge in [0.15, 0.2) is 11.6 Å². The third-order valence-corrected chi connectivity index (χ3v) is 10.9. The molecular formula is C32H36N2O6S2. The molecule has 8 nitrogen and oxygen atoms in total. The van der Waals surface area contributed by atoms with E-state index < -0.39 is 20.0 Å². The molecule has 10 heteroatoms. The van der Waals surface area contributed by atoms with Gasteiger partial charge in [0.1, 0.15) is 0 Å². The fraction of sp³-hybridized carbons (Fsp3) is 0.250. The predicted molar refractivity (Wildman–Crippen MR) is 166 cm³/mol. The molecular weight excluding hydrogens is 572 g/mol. The van der Waals surface area contributed by atoms with Gasteiger partial charge in [0.2, 0.25) is 20.0 Å². The Morgan fingerprint density at radius 2 is 0.810 bits per heavy atom. The number of allylic oxidation sites excluding steroid dienone is 2. The normalized spacial score (nSPS) is 12.5. The van der Waals surface area contributed by atoms with Crippen molar-refractivity contribution < 1.29 is 26.4 Å². The summed E-state index contributed by atoms with van der Waals surface area (Å²) in [6.07, 6.45) is 6.17. The smallest absolute Gasteiger partial charge is 0.243 e. The largest absolute Gasteiger partial charge is 0.289 e. The van der Waals surface area contributed by atoms with E-state index in [1.165, 1.54) is 69.3 Å². The van der Waals surface area contributed by atoms with E-state index >= 15 is 0 Å². The maximum atomic E-state index is 12.6. The van der Waals surface area contributed by atoms with Crippen LogP contribution in [0, 0.1) is 0 Å². The average Bonchev–Trinajstić information content (AvgIpc) is 3.00. The third kappa shape index (κ3) is 7.77. The molecule has 0 amide bonds. The standard InChI is InChI=1S/C32H36N2O6S2/c1-5-33(6-2)41(37,38)29-19-15-27(16-20-29)31(35)23-13-25-9-11-26(12-10-25)14-24-32(36)28-17-21-30(22-18-28)42(39,40)34(7-3)8-4/h9-24H,5-8H2,1-4H3. The van der Waals surface area contributed by atoms with Gasteiger partial charge in [-0.05, 0) is 71.8 Å². The van der Waals surface area contributed by atoms with Crippen molar-refractivity contribution in [1.82, 2.24) is 8.61 Å². The number of carbonyl (C=O) groups excluding carboxylic acids is 2. The summed E-state index contributed by atoms with van der Waals surface area (Å²) >= 11 is 0. The summed E-state index contributed by atoms with van der Waals surface area (Å²) in [6, 6.07) is 19.0. The number of hydrogen-bond acceptors (Lipinski definition) is 6. The monoisotopic (exact) mass is 608 g/mol. The maximum absolute atomic E-state index is 12.6. The van der Waals surface area contributed by atoms with Crippen LogP contribution in [-0.4, -0.2) is 63.2 Å². The Kier molecular flexibility index (Phi) is 11.3. The molecule has 0 radical (unpaired) electrons. The fourth-order valence-electron chi connectivity index (χ4n) is 4.26. The number of benzene rings is 3. The van der Waals surface area contributed by atoms with Crippen LogP contribution in [0.4, 0.5) is 0 Å². The molecule has 0 saturated carbocycles. The van der Waals surface area contributed by atoms with Crippen LogP contribution in [0.5, 0.6) is 0 Å². The van der Waals surface area contributed by atoms with E-state index in [1.807, 2.05) is 0 Å². The van der Waals surface area contributed by atoms with Crippen LogP contribution in [0.2, 0.25) is 0 Å². The van der Waals surface area contributed by atoms with Crippen LogP contribution in [0.15, 0.2) is 94.7 Å². The number of ketones is 2. The minimum absolute atomic E-state index is 0.147. The lowest BCUT2D eigenvalue weighted by atomic mass is 10.1. The second-order valence-electron chi connectivity index (χ2n) is 9.29. The van der Waals surface area contributed by atoms with Gasteiger partial charge in [-0.25, -0.2) is 16.8 Å². The molecule has 0 saturated heterocycles. The first-order chi connectivity index (χ1) is 20.0. The summed E-state index contributed by atoms with van der Waals surface area (Å²) in [5, 5.41) is 0. The van der Waals surface area contributed by atoms with Crippen LogP contribution in [0.3, 0.4) is 0 Å². The van der Waals surface area contributed by atoms with Gasteiger partial charge < -0.3 is 0 Å². The summed E-state index contributed by atoms with van der Waals surface area (Å²) in [5.41, 5.74) is 2.30. The molecule has 0 fully saturated rings. The predicted octanol–water partition coefficient (Wildman–Crippen LogP) is 5.54. The van der Waals surface area contributed by atoms with Gasteiger partial charge >= 0.3 is 0 Å². The Balaban J connectivity index is 1.62. The van der Waals surface area contributed by atoms with Gasteiger partial charge in [0.25, 0.3) is 0 Å². The van der Waals surface area contributed by atoms with Crippen LogP contribution in [-0.2, 0) is 20.0 Å². The number of carbonyl (C=O) groups is 2. The molecule has 42 heavy (non-hydrogen) atoms. The van der Waals surface area contributed by atoms with Crippen LogP contribution in [0.25, 0.3) is 12.2 Å². The van der Waals surface area contributed by atoms with Crippen LogP contribution >= 0.6 is 0 Å². The molecule has 0 N–H and O–H groups in total.